The molecule has 3 N–H and O–H groups in total. The summed E-state index contributed by atoms with van der Waals surface area (Å²) >= 11 is 5.22. The molecule has 0 aliphatic rings. The van der Waals surface area contributed by atoms with E-state index in [1.807, 2.05) is 32.0 Å². The molecule has 5 nitrogen and oxygen atoms in total. The highest BCUT2D eigenvalue weighted by Gasteiger charge is 2.01. The van der Waals surface area contributed by atoms with Gasteiger partial charge < -0.3 is 5.32 Å². The predicted molar refractivity (Wildman–Crippen MR) is 90.3 cm³/mol. The number of nitrogens with zero attached hydrogens (tertiary/aromatic N) is 2. The molecule has 0 radical (unpaired) electrons. The number of aryl methyl sites for hydroxylation is 3. The fraction of sp³-hybridized carbons (Fsp3) is 0.267. The second-order valence-corrected chi connectivity index (χ2v) is 5.14. The Bertz CT molecular complexity index is 604. The molecular weight excluding hydrogens is 282 g/mol. The van der Waals surface area contributed by atoms with Crippen LogP contribution in [0.3, 0.4) is 0 Å². The first-order chi connectivity index (χ1) is 10.1. The predicted octanol–water partition coefficient (Wildman–Crippen LogP) is 2.97. The van der Waals surface area contributed by atoms with E-state index in [0.717, 1.165) is 23.5 Å². The Morgan fingerprint density at radius 2 is 1.71 bits per heavy atom. The molecular formula is C15H19N5S. The lowest BCUT2D eigenvalue weighted by molar-refractivity contribution is 0.991. The van der Waals surface area contributed by atoms with Crippen molar-refractivity contribution in [2.45, 2.75) is 27.2 Å². The number of thiocarbonyl (C=S) groups is 1. The van der Waals surface area contributed by atoms with E-state index < -0.39 is 0 Å². The molecule has 1 aromatic heterocycles. The van der Waals surface area contributed by atoms with Crippen LogP contribution in [-0.4, -0.2) is 15.1 Å². The topological polar surface area (TPSA) is 61.9 Å². The number of benzene rings is 1. The van der Waals surface area contributed by atoms with Gasteiger partial charge in [0.1, 0.15) is 0 Å². The van der Waals surface area contributed by atoms with Gasteiger partial charge in [-0.2, -0.15) is 0 Å². The van der Waals surface area contributed by atoms with Crippen molar-refractivity contribution in [1.29, 1.82) is 0 Å². The minimum Gasteiger partial charge on any atom is -0.331 e. The molecule has 0 unspecified atom stereocenters. The lowest BCUT2D eigenvalue weighted by Crippen LogP contribution is -2.34. The minimum absolute atomic E-state index is 0.460. The second-order valence-electron chi connectivity index (χ2n) is 4.73. The summed E-state index contributed by atoms with van der Waals surface area (Å²) in [4.78, 5) is 8.53. The molecule has 0 saturated carbocycles. The lowest BCUT2D eigenvalue weighted by Gasteiger charge is -2.12. The van der Waals surface area contributed by atoms with Gasteiger partial charge in [-0.25, -0.2) is 9.97 Å². The molecule has 0 amide bonds. The molecule has 0 aliphatic heterocycles. The normalized spacial score (nSPS) is 10.0. The van der Waals surface area contributed by atoms with Gasteiger partial charge in [0.15, 0.2) is 5.11 Å². The third-order valence-electron chi connectivity index (χ3n) is 2.89. The van der Waals surface area contributed by atoms with Crippen LogP contribution < -0.4 is 16.2 Å². The van der Waals surface area contributed by atoms with E-state index in [0.29, 0.717) is 11.1 Å². The highest BCUT2D eigenvalue weighted by atomic mass is 32.1. The third kappa shape index (κ3) is 4.68. The van der Waals surface area contributed by atoms with Gasteiger partial charge in [0, 0.05) is 17.1 Å². The van der Waals surface area contributed by atoms with Gasteiger partial charge in [0.25, 0.3) is 0 Å². The summed E-state index contributed by atoms with van der Waals surface area (Å²) in [5.74, 6) is 0.498. The summed E-state index contributed by atoms with van der Waals surface area (Å²) in [5.41, 5.74) is 9.81. The smallest absolute Gasteiger partial charge is 0.242 e. The number of hydrogen-bond acceptors (Lipinski definition) is 4. The minimum atomic E-state index is 0.460. The number of rotatable bonds is 4. The van der Waals surface area contributed by atoms with Crippen molar-refractivity contribution in [2.24, 2.45) is 0 Å². The van der Waals surface area contributed by atoms with Crippen LogP contribution in [0.1, 0.15) is 23.9 Å². The van der Waals surface area contributed by atoms with E-state index >= 15 is 0 Å². The van der Waals surface area contributed by atoms with Crippen LogP contribution in [0.4, 0.5) is 11.6 Å². The maximum atomic E-state index is 5.22. The quantitative estimate of drug-likeness (QED) is 0.596. The first kappa shape index (κ1) is 15.2. The van der Waals surface area contributed by atoms with Crippen molar-refractivity contribution in [3.8, 4) is 0 Å². The molecule has 0 aliphatic carbocycles. The maximum absolute atomic E-state index is 5.22. The van der Waals surface area contributed by atoms with E-state index in [1.54, 1.807) is 0 Å². The zero-order valence-corrected chi connectivity index (χ0v) is 13.2. The summed E-state index contributed by atoms with van der Waals surface area (Å²) in [6.45, 7) is 5.97. The maximum Gasteiger partial charge on any atom is 0.242 e. The molecule has 1 heterocycles. The van der Waals surface area contributed by atoms with Gasteiger partial charge in [0.05, 0.1) is 0 Å². The fourth-order valence-corrected chi connectivity index (χ4v) is 2.05. The summed E-state index contributed by atoms with van der Waals surface area (Å²) in [5, 5.41) is 3.56. The van der Waals surface area contributed by atoms with Crippen molar-refractivity contribution in [3.63, 3.8) is 0 Å². The largest absolute Gasteiger partial charge is 0.331 e. The molecule has 0 atom stereocenters. The average molecular weight is 301 g/mol. The van der Waals surface area contributed by atoms with Gasteiger partial charge in [-0.3, -0.25) is 10.9 Å². The first-order valence-corrected chi connectivity index (χ1v) is 7.22. The average Bonchev–Trinajstić information content (AvgIpc) is 2.45. The van der Waals surface area contributed by atoms with Crippen LogP contribution in [-0.2, 0) is 6.42 Å². The molecule has 0 bridgehead atoms. The number of aromatic nitrogens is 2. The highest BCUT2D eigenvalue weighted by Crippen LogP contribution is 2.09. The van der Waals surface area contributed by atoms with Crippen LogP contribution >= 0.6 is 12.2 Å². The van der Waals surface area contributed by atoms with E-state index in [4.69, 9.17) is 12.2 Å². The van der Waals surface area contributed by atoms with Gasteiger partial charge in [0.2, 0.25) is 5.95 Å². The first-order valence-electron chi connectivity index (χ1n) is 6.81. The number of anilines is 2. The standard InChI is InChI=1S/C15H19N5S/c1-4-12-5-7-13(8-6-12)18-15(21)20-19-14-16-10(2)9-11(3)17-14/h5-9H,4H2,1-3H3,(H,16,17,19)(H2,18,20,21). The molecule has 21 heavy (non-hydrogen) atoms. The Morgan fingerprint density at radius 3 is 2.29 bits per heavy atom. The van der Waals surface area contributed by atoms with E-state index in [-0.39, 0.29) is 0 Å². The highest BCUT2D eigenvalue weighted by molar-refractivity contribution is 7.80. The summed E-state index contributed by atoms with van der Waals surface area (Å²) in [6.07, 6.45) is 1.02. The van der Waals surface area contributed by atoms with Crippen molar-refractivity contribution in [2.75, 3.05) is 10.7 Å². The van der Waals surface area contributed by atoms with Crippen molar-refractivity contribution in [3.05, 3.63) is 47.3 Å². The third-order valence-corrected chi connectivity index (χ3v) is 3.09. The van der Waals surface area contributed by atoms with Gasteiger partial charge in [-0.05, 0) is 56.2 Å². The SMILES string of the molecule is CCc1ccc(NC(=S)NNc2nc(C)cc(C)n2)cc1. The fourth-order valence-electron chi connectivity index (χ4n) is 1.88. The molecule has 1 aromatic carbocycles. The Balaban J connectivity index is 1.89. The van der Waals surface area contributed by atoms with Crippen molar-refractivity contribution >= 4 is 29.0 Å². The lowest BCUT2D eigenvalue weighted by atomic mass is 10.1. The molecule has 6 heteroatoms. The summed E-state index contributed by atoms with van der Waals surface area (Å²) in [6, 6.07) is 10.1. The zero-order chi connectivity index (χ0) is 15.2. The molecule has 2 rings (SSSR count). The van der Waals surface area contributed by atoms with Crippen LogP contribution in [0, 0.1) is 13.8 Å². The van der Waals surface area contributed by atoms with Gasteiger partial charge in [-0.15, -0.1) is 0 Å². The van der Waals surface area contributed by atoms with Crippen LogP contribution in [0.2, 0.25) is 0 Å². The number of hydrogen-bond donors (Lipinski definition) is 3. The Labute approximate surface area is 130 Å². The van der Waals surface area contributed by atoms with Crippen molar-refractivity contribution < 1.29 is 0 Å². The second kappa shape index (κ2) is 6.99. The number of nitrogens with one attached hydrogen (secondary N) is 3. The van der Waals surface area contributed by atoms with Gasteiger partial charge >= 0.3 is 0 Å². The molecule has 2 aromatic rings. The Morgan fingerprint density at radius 1 is 1.10 bits per heavy atom. The molecule has 0 saturated heterocycles. The Kier molecular flexibility index (Phi) is 5.05. The molecule has 0 fully saturated rings. The van der Waals surface area contributed by atoms with Gasteiger partial charge in [-0.1, -0.05) is 19.1 Å². The zero-order valence-electron chi connectivity index (χ0n) is 12.4. The number of hydrazine groups is 1. The molecule has 110 valence electrons. The summed E-state index contributed by atoms with van der Waals surface area (Å²) in [7, 11) is 0. The van der Waals surface area contributed by atoms with Crippen molar-refractivity contribution in [1.82, 2.24) is 15.4 Å². The van der Waals surface area contributed by atoms with E-state index in [1.165, 1.54) is 5.56 Å². The van der Waals surface area contributed by atoms with Crippen LogP contribution in [0.15, 0.2) is 30.3 Å². The van der Waals surface area contributed by atoms with E-state index in [2.05, 4.69) is 45.2 Å². The summed E-state index contributed by atoms with van der Waals surface area (Å²) < 4.78 is 0. The molecule has 0 spiro atoms. The van der Waals surface area contributed by atoms with Crippen LogP contribution in [0.25, 0.3) is 0 Å². The van der Waals surface area contributed by atoms with Crippen LogP contribution in [0.5, 0.6) is 0 Å². The van der Waals surface area contributed by atoms with E-state index in [9.17, 15) is 0 Å². The monoisotopic (exact) mass is 301 g/mol. The Hall–Kier alpha value is -2.21.